The van der Waals surface area contributed by atoms with Crippen molar-refractivity contribution in [3.63, 3.8) is 0 Å². The Bertz CT molecular complexity index is 523. The number of fused-ring (bicyclic) bond motifs is 1. The molecule has 0 bridgehead atoms. The molecule has 1 unspecified atom stereocenters. The van der Waals surface area contributed by atoms with Gasteiger partial charge in [0.1, 0.15) is 0 Å². The largest absolute Gasteiger partial charge is 0.320 e. The van der Waals surface area contributed by atoms with Crippen molar-refractivity contribution < 1.29 is 0 Å². The van der Waals surface area contributed by atoms with Gasteiger partial charge >= 0.3 is 0 Å². The van der Waals surface area contributed by atoms with Crippen LogP contribution < -0.4 is 5.73 Å². The molecule has 0 amide bonds. The molecule has 0 radical (unpaired) electrons. The van der Waals surface area contributed by atoms with Crippen molar-refractivity contribution in [1.82, 2.24) is 0 Å². The second-order valence-corrected chi connectivity index (χ2v) is 3.83. The Hall–Kier alpha value is -1.96. The molecule has 1 aliphatic carbocycles. The molecule has 1 aromatic carbocycles. The van der Waals surface area contributed by atoms with E-state index in [0.29, 0.717) is 12.8 Å². The average Bonchev–Trinajstić information content (AvgIpc) is 2.57. The molecule has 78 valence electrons. The number of rotatable bonds is 2. The molecule has 1 heteroatoms. The van der Waals surface area contributed by atoms with Crippen molar-refractivity contribution in [3.8, 4) is 24.7 Å². The van der Waals surface area contributed by atoms with Gasteiger partial charge in [0.2, 0.25) is 0 Å². The summed E-state index contributed by atoms with van der Waals surface area (Å²) in [6, 6.07) is 8.01. The first kappa shape index (κ1) is 10.6. The number of hydrogen-bond acceptors (Lipinski definition) is 1. The summed E-state index contributed by atoms with van der Waals surface area (Å²) in [7, 11) is 0. The molecule has 1 nitrogen and oxygen atoms in total. The second-order valence-electron chi connectivity index (χ2n) is 3.83. The number of hydrogen-bond donors (Lipinski definition) is 1. The highest BCUT2D eigenvalue weighted by molar-refractivity contribution is 5.79. The molecule has 0 spiro atoms. The zero-order chi connectivity index (χ0) is 11.5. The van der Waals surface area contributed by atoms with Gasteiger partial charge < -0.3 is 5.73 Å². The standard InChI is InChI=1S/C15H13N/c1-3-7-11-12-9-5-6-10-14(12)15(16)13(11)8-4-2/h1-2,5-6,9-10,15H,7-8,16H2. The van der Waals surface area contributed by atoms with Gasteiger partial charge in [0.05, 0.1) is 6.04 Å². The predicted octanol–water partition coefficient (Wildman–Crippen LogP) is 2.50. The molecule has 1 atom stereocenters. The monoisotopic (exact) mass is 207 g/mol. The van der Waals surface area contributed by atoms with Crippen LogP contribution in [0, 0.1) is 24.7 Å². The van der Waals surface area contributed by atoms with Crippen molar-refractivity contribution in [2.45, 2.75) is 18.9 Å². The Morgan fingerprint density at radius 2 is 1.81 bits per heavy atom. The lowest BCUT2D eigenvalue weighted by molar-refractivity contribution is 0.848. The molecule has 2 N–H and O–H groups in total. The molecule has 0 fully saturated rings. The number of terminal acetylenes is 2. The van der Waals surface area contributed by atoms with Gasteiger partial charge in [0, 0.05) is 12.8 Å². The lowest BCUT2D eigenvalue weighted by atomic mass is 10.0. The fourth-order valence-electron chi connectivity index (χ4n) is 2.23. The minimum absolute atomic E-state index is 0.0874. The van der Waals surface area contributed by atoms with E-state index >= 15 is 0 Å². The molecule has 0 saturated carbocycles. The highest BCUT2D eigenvalue weighted by Crippen LogP contribution is 2.41. The van der Waals surface area contributed by atoms with E-state index in [-0.39, 0.29) is 6.04 Å². The van der Waals surface area contributed by atoms with Crippen molar-refractivity contribution in [2.75, 3.05) is 0 Å². The minimum Gasteiger partial charge on any atom is -0.320 e. The number of nitrogens with two attached hydrogens (primary N) is 1. The van der Waals surface area contributed by atoms with E-state index < -0.39 is 0 Å². The molecule has 0 saturated heterocycles. The van der Waals surface area contributed by atoms with Crippen LogP contribution in [-0.2, 0) is 0 Å². The summed E-state index contributed by atoms with van der Waals surface area (Å²) in [4.78, 5) is 0. The maximum absolute atomic E-state index is 6.18. The predicted molar refractivity (Wildman–Crippen MR) is 67.2 cm³/mol. The highest BCUT2D eigenvalue weighted by Gasteiger charge is 2.26. The van der Waals surface area contributed by atoms with Crippen LogP contribution in [0.15, 0.2) is 29.8 Å². The molecule has 2 rings (SSSR count). The fourth-order valence-corrected chi connectivity index (χ4v) is 2.23. The van der Waals surface area contributed by atoms with Crippen LogP contribution in [0.1, 0.15) is 30.0 Å². The van der Waals surface area contributed by atoms with E-state index in [1.807, 2.05) is 18.2 Å². The third-order valence-electron chi connectivity index (χ3n) is 2.96. The van der Waals surface area contributed by atoms with Crippen molar-refractivity contribution >= 4 is 5.57 Å². The van der Waals surface area contributed by atoms with Crippen LogP contribution in [0.2, 0.25) is 0 Å². The highest BCUT2D eigenvalue weighted by atomic mass is 14.7. The molecule has 1 aliphatic rings. The van der Waals surface area contributed by atoms with Crippen molar-refractivity contribution in [1.29, 1.82) is 0 Å². The third kappa shape index (κ3) is 1.52. The van der Waals surface area contributed by atoms with Crippen LogP contribution >= 0.6 is 0 Å². The number of allylic oxidation sites excluding steroid dienone is 1. The lowest BCUT2D eigenvalue weighted by Gasteiger charge is -2.08. The van der Waals surface area contributed by atoms with Gasteiger partial charge in [-0.3, -0.25) is 0 Å². The lowest BCUT2D eigenvalue weighted by Crippen LogP contribution is -2.09. The van der Waals surface area contributed by atoms with E-state index in [4.69, 9.17) is 18.6 Å². The van der Waals surface area contributed by atoms with E-state index in [0.717, 1.165) is 16.7 Å². The van der Waals surface area contributed by atoms with Crippen LogP contribution in [0.25, 0.3) is 5.57 Å². The topological polar surface area (TPSA) is 26.0 Å². The van der Waals surface area contributed by atoms with E-state index in [9.17, 15) is 0 Å². The molecule has 0 aliphatic heterocycles. The van der Waals surface area contributed by atoms with Crippen molar-refractivity contribution in [3.05, 3.63) is 41.0 Å². The van der Waals surface area contributed by atoms with E-state index in [2.05, 4.69) is 17.9 Å². The van der Waals surface area contributed by atoms with Gasteiger partial charge in [-0.2, -0.15) is 0 Å². The zero-order valence-electron chi connectivity index (χ0n) is 9.03. The Morgan fingerprint density at radius 3 is 2.50 bits per heavy atom. The first-order valence-electron chi connectivity index (χ1n) is 5.23. The van der Waals surface area contributed by atoms with Gasteiger partial charge in [0.15, 0.2) is 0 Å². The summed E-state index contributed by atoms with van der Waals surface area (Å²) in [5.41, 5.74) is 10.7. The molecule has 16 heavy (non-hydrogen) atoms. The van der Waals surface area contributed by atoms with Crippen molar-refractivity contribution in [2.24, 2.45) is 5.73 Å². The molecule has 1 aromatic rings. The maximum Gasteiger partial charge on any atom is 0.0532 e. The van der Waals surface area contributed by atoms with Gasteiger partial charge in [0.25, 0.3) is 0 Å². The normalized spacial score (nSPS) is 17.8. The van der Waals surface area contributed by atoms with Gasteiger partial charge in [-0.15, -0.1) is 24.7 Å². The third-order valence-corrected chi connectivity index (χ3v) is 2.96. The summed E-state index contributed by atoms with van der Waals surface area (Å²) >= 11 is 0. The summed E-state index contributed by atoms with van der Waals surface area (Å²) in [6.07, 6.45) is 11.9. The average molecular weight is 207 g/mol. The fraction of sp³-hybridized carbons (Fsp3) is 0.200. The first-order chi connectivity index (χ1) is 7.79. The van der Waals surface area contributed by atoms with Gasteiger partial charge in [-0.05, 0) is 22.3 Å². The quantitative estimate of drug-likeness (QED) is 0.741. The Kier molecular flexibility index (Phi) is 2.82. The summed E-state index contributed by atoms with van der Waals surface area (Å²) in [5, 5.41) is 0. The Labute approximate surface area is 96.4 Å². The summed E-state index contributed by atoms with van der Waals surface area (Å²) < 4.78 is 0. The van der Waals surface area contributed by atoms with E-state index in [1.54, 1.807) is 0 Å². The molecule has 0 heterocycles. The summed E-state index contributed by atoms with van der Waals surface area (Å²) in [6.45, 7) is 0. The van der Waals surface area contributed by atoms with Gasteiger partial charge in [-0.1, -0.05) is 24.3 Å². The first-order valence-corrected chi connectivity index (χ1v) is 5.23. The van der Waals surface area contributed by atoms with Crippen LogP contribution in [0.4, 0.5) is 0 Å². The molecule has 0 aromatic heterocycles. The zero-order valence-corrected chi connectivity index (χ0v) is 9.03. The Morgan fingerprint density at radius 1 is 1.12 bits per heavy atom. The molecular weight excluding hydrogens is 194 g/mol. The maximum atomic E-state index is 6.18. The van der Waals surface area contributed by atoms with Gasteiger partial charge in [-0.25, -0.2) is 0 Å². The van der Waals surface area contributed by atoms with E-state index in [1.165, 1.54) is 5.56 Å². The molecular formula is C15H13N. The Balaban J connectivity index is 2.55. The van der Waals surface area contributed by atoms with Crippen LogP contribution in [0.5, 0.6) is 0 Å². The van der Waals surface area contributed by atoms with Crippen LogP contribution in [0.3, 0.4) is 0 Å². The minimum atomic E-state index is -0.0874. The SMILES string of the molecule is C#CCC1=C(CC#C)C(N)c2ccccc21. The number of benzene rings is 1. The van der Waals surface area contributed by atoms with Crippen LogP contribution in [-0.4, -0.2) is 0 Å². The summed E-state index contributed by atoms with van der Waals surface area (Å²) in [5.74, 6) is 5.33. The smallest absolute Gasteiger partial charge is 0.0532 e. The second kappa shape index (κ2) is 4.27.